The van der Waals surface area contributed by atoms with E-state index in [0.29, 0.717) is 36.3 Å². The lowest BCUT2D eigenvalue weighted by Gasteiger charge is -2.51. The molecule has 3 saturated carbocycles. The minimum atomic E-state index is -1.10. The molecule has 0 spiro atoms. The molecule has 0 radical (unpaired) electrons. The molecule has 3 aliphatic carbocycles. The van der Waals surface area contributed by atoms with Crippen LogP contribution in [0.15, 0.2) is 36.7 Å². The molecule has 1 aromatic heterocycles. The first-order chi connectivity index (χ1) is 15.5. The molecule has 1 saturated heterocycles. The number of amides is 1. The Morgan fingerprint density at radius 2 is 2.03 bits per heavy atom. The maximum Gasteiger partial charge on any atom is 0.232 e. The van der Waals surface area contributed by atoms with Crippen LogP contribution in [0.4, 0.5) is 8.78 Å². The molecule has 2 heterocycles. The number of aromatic nitrogens is 2. The van der Waals surface area contributed by atoms with Gasteiger partial charge in [-0.3, -0.25) is 4.79 Å². The van der Waals surface area contributed by atoms with Crippen molar-refractivity contribution >= 4 is 5.91 Å². The van der Waals surface area contributed by atoms with Gasteiger partial charge in [0.15, 0.2) is 5.69 Å². The molecule has 4 fully saturated rings. The van der Waals surface area contributed by atoms with Crippen molar-refractivity contribution in [3.05, 3.63) is 53.7 Å². The zero-order valence-electron chi connectivity index (χ0n) is 17.5. The van der Waals surface area contributed by atoms with Crippen LogP contribution in [0.5, 0.6) is 5.88 Å². The van der Waals surface area contributed by atoms with E-state index in [-0.39, 0.29) is 42.2 Å². The highest BCUT2D eigenvalue weighted by Gasteiger charge is 2.51. The Morgan fingerprint density at radius 3 is 2.75 bits per heavy atom. The quantitative estimate of drug-likeness (QED) is 0.709. The number of likely N-dealkylation sites (tertiary alicyclic amines) is 1. The van der Waals surface area contributed by atoms with Gasteiger partial charge in [-0.05, 0) is 54.7 Å². The van der Waals surface area contributed by atoms with E-state index in [1.54, 1.807) is 17.0 Å². The van der Waals surface area contributed by atoms with Gasteiger partial charge in [-0.15, -0.1) is 0 Å². The van der Waals surface area contributed by atoms with Crippen LogP contribution in [0.1, 0.15) is 43.0 Å². The van der Waals surface area contributed by atoms with Crippen LogP contribution in [-0.4, -0.2) is 40.1 Å². The van der Waals surface area contributed by atoms with Crippen LogP contribution in [0.25, 0.3) is 0 Å². The van der Waals surface area contributed by atoms with Crippen LogP contribution in [0.2, 0.25) is 0 Å². The third kappa shape index (κ3) is 3.92. The maximum atomic E-state index is 14.3. The predicted molar refractivity (Wildman–Crippen MR) is 110 cm³/mol. The lowest BCUT2D eigenvalue weighted by molar-refractivity contribution is -0.147. The van der Waals surface area contributed by atoms with Crippen LogP contribution in [-0.2, 0) is 4.79 Å². The summed E-state index contributed by atoms with van der Waals surface area (Å²) in [5, 5.41) is 8.82. The summed E-state index contributed by atoms with van der Waals surface area (Å²) < 4.78 is 33.9. The second-order valence-corrected chi connectivity index (χ2v) is 9.15. The first-order valence-electron chi connectivity index (χ1n) is 11.1. The standard InChI is InChI=1S/C24H24F2N4O2/c25-18-3-1-2-14(6-18)22-8-19(26)12-30(22)24(31)21-7-17(15-4-16(21)5-15)13-32-23-11-28-20(9-27)10-29-23/h1-3,6,10-11,15-17,19,21-22H,4-5,7-8,12-13H2/t15?,16?,17?,19?,21-,22?/m0/s1. The molecule has 8 heteroatoms. The summed E-state index contributed by atoms with van der Waals surface area (Å²) in [6.07, 6.45) is 4.55. The number of halogens is 2. The van der Waals surface area contributed by atoms with Crippen LogP contribution < -0.4 is 4.74 Å². The fourth-order valence-corrected chi connectivity index (χ4v) is 5.55. The lowest BCUT2D eigenvalue weighted by atomic mass is 9.55. The number of nitriles is 1. The van der Waals surface area contributed by atoms with Crippen LogP contribution in [0.3, 0.4) is 0 Å². The van der Waals surface area contributed by atoms with Crippen molar-refractivity contribution in [2.45, 2.75) is 37.9 Å². The van der Waals surface area contributed by atoms with Crippen molar-refractivity contribution in [1.82, 2.24) is 14.9 Å². The molecule has 32 heavy (non-hydrogen) atoms. The van der Waals surface area contributed by atoms with E-state index in [0.717, 1.165) is 12.8 Å². The van der Waals surface area contributed by atoms with Crippen molar-refractivity contribution in [2.75, 3.05) is 13.2 Å². The number of carbonyl (C=O) groups is 1. The van der Waals surface area contributed by atoms with Gasteiger partial charge in [0.1, 0.15) is 18.1 Å². The third-order valence-corrected chi connectivity index (χ3v) is 7.28. The summed E-state index contributed by atoms with van der Waals surface area (Å²) in [4.78, 5) is 23.2. The minimum Gasteiger partial charge on any atom is -0.476 e. The maximum absolute atomic E-state index is 14.3. The monoisotopic (exact) mass is 438 g/mol. The van der Waals surface area contributed by atoms with E-state index in [9.17, 15) is 13.6 Å². The summed E-state index contributed by atoms with van der Waals surface area (Å²) >= 11 is 0. The molecule has 3 unspecified atom stereocenters. The van der Waals surface area contributed by atoms with Gasteiger partial charge in [-0.1, -0.05) is 12.1 Å². The topological polar surface area (TPSA) is 79.1 Å². The van der Waals surface area contributed by atoms with Gasteiger partial charge in [0.2, 0.25) is 11.8 Å². The van der Waals surface area contributed by atoms with E-state index in [4.69, 9.17) is 10.00 Å². The van der Waals surface area contributed by atoms with Gasteiger partial charge in [0.05, 0.1) is 31.6 Å². The van der Waals surface area contributed by atoms with Gasteiger partial charge in [0, 0.05) is 12.3 Å². The van der Waals surface area contributed by atoms with Crippen molar-refractivity contribution < 1.29 is 18.3 Å². The summed E-state index contributed by atoms with van der Waals surface area (Å²) in [7, 11) is 0. The molecule has 2 bridgehead atoms. The summed E-state index contributed by atoms with van der Waals surface area (Å²) in [5.41, 5.74) is 0.882. The Hall–Kier alpha value is -3.08. The highest BCUT2D eigenvalue weighted by atomic mass is 19.1. The largest absolute Gasteiger partial charge is 0.476 e. The van der Waals surface area contributed by atoms with E-state index >= 15 is 0 Å². The summed E-state index contributed by atoms with van der Waals surface area (Å²) in [6, 6.07) is 7.63. The smallest absolute Gasteiger partial charge is 0.232 e. The number of hydrogen-bond acceptors (Lipinski definition) is 5. The molecule has 166 valence electrons. The molecule has 1 amide bonds. The number of fused-ring (bicyclic) bond motifs is 2. The summed E-state index contributed by atoms with van der Waals surface area (Å²) in [6.45, 7) is 0.496. The van der Waals surface area contributed by atoms with Gasteiger partial charge in [-0.25, -0.2) is 18.7 Å². The molecule has 1 aliphatic heterocycles. The van der Waals surface area contributed by atoms with Crippen molar-refractivity contribution in [2.24, 2.45) is 23.7 Å². The Labute approximate surface area is 185 Å². The highest BCUT2D eigenvalue weighted by Crippen LogP contribution is 2.53. The van der Waals surface area contributed by atoms with E-state index in [2.05, 4.69) is 9.97 Å². The third-order valence-electron chi connectivity index (χ3n) is 7.28. The van der Waals surface area contributed by atoms with Crippen molar-refractivity contribution in [1.29, 1.82) is 5.26 Å². The van der Waals surface area contributed by atoms with Crippen molar-refractivity contribution in [3.8, 4) is 11.9 Å². The number of benzene rings is 1. The van der Waals surface area contributed by atoms with Crippen LogP contribution >= 0.6 is 0 Å². The zero-order chi connectivity index (χ0) is 22.2. The Morgan fingerprint density at radius 1 is 1.19 bits per heavy atom. The highest BCUT2D eigenvalue weighted by molar-refractivity contribution is 5.80. The van der Waals surface area contributed by atoms with Crippen molar-refractivity contribution in [3.63, 3.8) is 0 Å². The average molecular weight is 438 g/mol. The molecule has 0 N–H and O–H groups in total. The summed E-state index contributed by atoms with van der Waals surface area (Å²) in [5.74, 6) is 0.849. The van der Waals surface area contributed by atoms with Gasteiger partial charge in [0.25, 0.3) is 0 Å². The number of carbonyl (C=O) groups excluding carboxylic acids is 1. The Kier molecular flexibility index (Phi) is 5.50. The number of alkyl halides is 1. The van der Waals surface area contributed by atoms with E-state index < -0.39 is 12.2 Å². The zero-order valence-corrected chi connectivity index (χ0v) is 17.5. The molecular weight excluding hydrogens is 414 g/mol. The number of rotatable bonds is 5. The minimum absolute atomic E-state index is 0.0225. The van der Waals surface area contributed by atoms with Gasteiger partial charge >= 0.3 is 0 Å². The fourth-order valence-electron chi connectivity index (χ4n) is 5.55. The Balaban J connectivity index is 1.26. The molecule has 2 aromatic rings. The predicted octanol–water partition coefficient (Wildman–Crippen LogP) is 3.84. The number of ether oxygens (including phenoxy) is 1. The first-order valence-corrected chi connectivity index (χ1v) is 11.1. The van der Waals surface area contributed by atoms with Gasteiger partial charge in [-0.2, -0.15) is 5.26 Å². The normalized spacial score (nSPS) is 31.0. The van der Waals surface area contributed by atoms with E-state index in [1.165, 1.54) is 24.5 Å². The second kappa shape index (κ2) is 8.45. The average Bonchev–Trinajstić information content (AvgIpc) is 3.18. The fraction of sp³-hybridized carbons (Fsp3) is 0.500. The Bertz CT molecular complexity index is 1040. The number of nitrogens with zero attached hydrogens (tertiary/aromatic N) is 4. The molecule has 4 atom stereocenters. The first kappa shape index (κ1) is 20.8. The number of hydrogen-bond donors (Lipinski definition) is 0. The molecule has 6 rings (SSSR count). The lowest BCUT2D eigenvalue weighted by Crippen LogP contribution is -2.50. The molecule has 6 nitrogen and oxygen atoms in total. The van der Waals surface area contributed by atoms with E-state index in [1.807, 2.05) is 6.07 Å². The molecule has 1 aromatic carbocycles. The molecular formula is C24H24F2N4O2. The molecule has 4 aliphatic rings. The second-order valence-electron chi connectivity index (χ2n) is 9.15. The van der Waals surface area contributed by atoms with Gasteiger partial charge < -0.3 is 9.64 Å². The van der Waals surface area contributed by atoms with Crippen LogP contribution in [0, 0.1) is 40.8 Å². The SMILES string of the molecule is N#Cc1cnc(OCC2C[C@H](C(=O)N3CC(F)CC3c3cccc(F)c3)C3CC2C3)cn1.